The van der Waals surface area contributed by atoms with Gasteiger partial charge in [0, 0.05) is 22.6 Å². The molecule has 0 aliphatic carbocycles. The molecule has 8 heteroatoms. The SMILES string of the molecule is CCCCC(=O)N(Cc1cccs1)c1nc2nc(C)c(C)c(=O)n2[nH]1. The molecular formula is C17H21N5O2S. The van der Waals surface area contributed by atoms with Gasteiger partial charge in [-0.15, -0.1) is 11.3 Å². The van der Waals surface area contributed by atoms with Crippen molar-refractivity contribution in [3.8, 4) is 0 Å². The maximum atomic E-state index is 12.7. The summed E-state index contributed by atoms with van der Waals surface area (Å²) < 4.78 is 1.30. The first-order valence-corrected chi connectivity index (χ1v) is 9.18. The summed E-state index contributed by atoms with van der Waals surface area (Å²) >= 11 is 1.58. The maximum absolute atomic E-state index is 12.7. The van der Waals surface area contributed by atoms with Crippen molar-refractivity contribution in [2.75, 3.05) is 4.90 Å². The fourth-order valence-electron chi connectivity index (χ4n) is 2.52. The summed E-state index contributed by atoms with van der Waals surface area (Å²) in [6.07, 6.45) is 2.20. The summed E-state index contributed by atoms with van der Waals surface area (Å²) in [6.45, 7) is 5.98. The first-order valence-electron chi connectivity index (χ1n) is 8.30. The Morgan fingerprint density at radius 3 is 2.84 bits per heavy atom. The topological polar surface area (TPSA) is 83.4 Å². The second-order valence-electron chi connectivity index (χ2n) is 5.97. The van der Waals surface area contributed by atoms with Gasteiger partial charge >= 0.3 is 0 Å². The van der Waals surface area contributed by atoms with Crippen LogP contribution in [0.5, 0.6) is 0 Å². The number of hydrogen-bond donors (Lipinski definition) is 1. The van der Waals surface area contributed by atoms with Crippen molar-refractivity contribution in [3.05, 3.63) is 44.0 Å². The van der Waals surface area contributed by atoms with Crippen molar-refractivity contribution in [3.63, 3.8) is 0 Å². The highest BCUT2D eigenvalue weighted by Gasteiger charge is 2.21. The Balaban J connectivity index is 2.02. The minimum Gasteiger partial charge on any atom is -0.276 e. The van der Waals surface area contributed by atoms with E-state index in [9.17, 15) is 9.59 Å². The summed E-state index contributed by atoms with van der Waals surface area (Å²) in [4.78, 5) is 36.5. The highest BCUT2D eigenvalue weighted by Crippen LogP contribution is 2.18. The van der Waals surface area contributed by atoms with Gasteiger partial charge in [0.25, 0.3) is 11.3 Å². The number of aromatic amines is 1. The summed E-state index contributed by atoms with van der Waals surface area (Å²) in [7, 11) is 0. The van der Waals surface area contributed by atoms with Crippen LogP contribution >= 0.6 is 11.3 Å². The molecule has 0 fully saturated rings. The van der Waals surface area contributed by atoms with Gasteiger partial charge in [0.1, 0.15) is 0 Å². The van der Waals surface area contributed by atoms with E-state index in [4.69, 9.17) is 0 Å². The molecule has 3 heterocycles. The molecule has 0 aliphatic rings. The summed E-state index contributed by atoms with van der Waals surface area (Å²) in [5.74, 6) is 0.613. The number of nitrogens with one attached hydrogen (secondary N) is 1. The number of thiophene rings is 1. The third-order valence-corrected chi connectivity index (χ3v) is 5.01. The lowest BCUT2D eigenvalue weighted by Crippen LogP contribution is -2.31. The zero-order valence-corrected chi connectivity index (χ0v) is 15.4. The molecule has 7 nitrogen and oxygen atoms in total. The largest absolute Gasteiger partial charge is 0.277 e. The number of amides is 1. The smallest absolute Gasteiger partial charge is 0.276 e. The second kappa shape index (κ2) is 7.18. The third kappa shape index (κ3) is 3.48. The van der Waals surface area contributed by atoms with E-state index < -0.39 is 0 Å². The zero-order valence-electron chi connectivity index (χ0n) is 14.6. The van der Waals surface area contributed by atoms with Crippen molar-refractivity contribution in [1.29, 1.82) is 0 Å². The molecule has 0 bridgehead atoms. The van der Waals surface area contributed by atoms with Crippen LogP contribution in [0.25, 0.3) is 5.78 Å². The lowest BCUT2D eigenvalue weighted by molar-refractivity contribution is -0.118. The molecule has 0 aliphatic heterocycles. The monoisotopic (exact) mass is 359 g/mol. The lowest BCUT2D eigenvalue weighted by atomic mass is 10.2. The van der Waals surface area contributed by atoms with E-state index >= 15 is 0 Å². The molecule has 3 aromatic heterocycles. The van der Waals surface area contributed by atoms with Gasteiger partial charge in [0.2, 0.25) is 11.9 Å². The number of aryl methyl sites for hydroxylation is 1. The molecule has 0 saturated carbocycles. The standard InChI is InChI=1S/C17H21N5O2S/c1-4-5-8-14(23)21(10-13-7-6-9-25-13)17-19-16-18-12(3)11(2)15(24)22(16)20-17/h6-7,9H,4-5,8,10H2,1-3H3,(H,18,19,20). The molecule has 0 aromatic carbocycles. The minimum atomic E-state index is -0.196. The van der Waals surface area contributed by atoms with Crippen LogP contribution in [0.2, 0.25) is 0 Å². The van der Waals surface area contributed by atoms with Crippen LogP contribution in [0.15, 0.2) is 22.3 Å². The van der Waals surface area contributed by atoms with Crippen molar-refractivity contribution < 1.29 is 4.79 Å². The quantitative estimate of drug-likeness (QED) is 0.733. The molecule has 1 amide bonds. The van der Waals surface area contributed by atoms with E-state index in [0.717, 1.165) is 17.7 Å². The van der Waals surface area contributed by atoms with Crippen LogP contribution < -0.4 is 10.5 Å². The molecule has 0 atom stereocenters. The number of aromatic nitrogens is 4. The van der Waals surface area contributed by atoms with Gasteiger partial charge in [-0.3, -0.25) is 19.6 Å². The zero-order chi connectivity index (χ0) is 18.0. The number of hydrogen-bond acceptors (Lipinski definition) is 5. The number of carbonyl (C=O) groups excluding carboxylic acids is 1. The second-order valence-corrected chi connectivity index (χ2v) is 7.01. The molecule has 0 unspecified atom stereocenters. The van der Waals surface area contributed by atoms with Crippen LogP contribution in [-0.4, -0.2) is 25.5 Å². The van der Waals surface area contributed by atoms with Gasteiger partial charge in [0.15, 0.2) is 0 Å². The Hall–Kier alpha value is -2.48. The van der Waals surface area contributed by atoms with Gasteiger partial charge in [-0.2, -0.15) is 9.50 Å². The van der Waals surface area contributed by atoms with Crippen molar-refractivity contribution in [2.24, 2.45) is 0 Å². The number of carbonyl (C=O) groups is 1. The number of unbranched alkanes of at least 4 members (excludes halogenated alkanes) is 1. The molecule has 0 spiro atoms. The predicted molar refractivity (Wildman–Crippen MR) is 98.1 cm³/mol. The van der Waals surface area contributed by atoms with E-state index in [1.807, 2.05) is 24.4 Å². The molecule has 0 radical (unpaired) electrons. The highest BCUT2D eigenvalue weighted by molar-refractivity contribution is 7.09. The fraction of sp³-hybridized carbons (Fsp3) is 0.412. The molecule has 1 N–H and O–H groups in total. The van der Waals surface area contributed by atoms with Crippen molar-refractivity contribution in [2.45, 2.75) is 46.6 Å². The van der Waals surface area contributed by atoms with E-state index in [-0.39, 0.29) is 17.2 Å². The van der Waals surface area contributed by atoms with E-state index in [2.05, 4.69) is 15.1 Å². The molecule has 3 rings (SSSR count). The molecule has 3 aromatic rings. The van der Waals surface area contributed by atoms with Crippen molar-refractivity contribution in [1.82, 2.24) is 19.6 Å². The van der Waals surface area contributed by atoms with E-state index in [0.29, 0.717) is 30.2 Å². The van der Waals surface area contributed by atoms with Crippen LogP contribution in [0.1, 0.15) is 42.3 Å². The molecular weight excluding hydrogens is 338 g/mol. The van der Waals surface area contributed by atoms with E-state index in [1.54, 1.807) is 30.1 Å². The predicted octanol–water partition coefficient (Wildman–Crippen LogP) is 2.82. The van der Waals surface area contributed by atoms with Gasteiger partial charge in [-0.1, -0.05) is 19.4 Å². The fourth-order valence-corrected chi connectivity index (χ4v) is 3.21. The first-order chi connectivity index (χ1) is 12.0. The number of H-pyrrole nitrogens is 1. The number of anilines is 1. The summed E-state index contributed by atoms with van der Waals surface area (Å²) in [5.41, 5.74) is 1.01. The third-order valence-electron chi connectivity index (χ3n) is 4.15. The van der Waals surface area contributed by atoms with Gasteiger partial charge in [0.05, 0.1) is 6.54 Å². The normalized spacial score (nSPS) is 11.2. The van der Waals surface area contributed by atoms with Crippen LogP contribution in [0, 0.1) is 13.8 Å². The van der Waals surface area contributed by atoms with Gasteiger partial charge < -0.3 is 0 Å². The van der Waals surface area contributed by atoms with Crippen molar-refractivity contribution >= 4 is 29.0 Å². The number of nitrogens with zero attached hydrogens (tertiary/aromatic N) is 4. The average molecular weight is 359 g/mol. The number of fused-ring (bicyclic) bond motifs is 1. The molecule has 132 valence electrons. The summed E-state index contributed by atoms with van der Waals surface area (Å²) in [6, 6.07) is 3.93. The van der Waals surface area contributed by atoms with Crippen LogP contribution in [0.4, 0.5) is 5.95 Å². The Labute approximate surface area is 149 Å². The molecule has 25 heavy (non-hydrogen) atoms. The van der Waals surface area contributed by atoms with Gasteiger partial charge in [-0.25, -0.2) is 4.98 Å². The lowest BCUT2D eigenvalue weighted by Gasteiger charge is -2.18. The minimum absolute atomic E-state index is 0.0178. The Bertz CT molecular complexity index is 942. The Kier molecular flexibility index (Phi) is 4.98. The van der Waals surface area contributed by atoms with Crippen LogP contribution in [0.3, 0.4) is 0 Å². The molecule has 0 saturated heterocycles. The number of rotatable bonds is 6. The van der Waals surface area contributed by atoms with E-state index in [1.165, 1.54) is 4.52 Å². The maximum Gasteiger partial charge on any atom is 0.277 e. The Morgan fingerprint density at radius 2 is 2.16 bits per heavy atom. The van der Waals surface area contributed by atoms with Gasteiger partial charge in [-0.05, 0) is 31.7 Å². The summed E-state index contributed by atoms with van der Waals surface area (Å²) in [5, 5.41) is 4.92. The highest BCUT2D eigenvalue weighted by atomic mass is 32.1. The Morgan fingerprint density at radius 1 is 1.36 bits per heavy atom. The average Bonchev–Trinajstić information content (AvgIpc) is 3.25. The first kappa shape index (κ1) is 17.3. The van der Waals surface area contributed by atoms with Crippen LogP contribution in [-0.2, 0) is 11.3 Å².